The second-order valence-electron chi connectivity index (χ2n) is 5.02. The van der Waals surface area contributed by atoms with Crippen LogP contribution in [0, 0.1) is 0 Å². The number of nitrogens with one attached hydrogen (secondary N) is 1. The van der Waals surface area contributed by atoms with Gasteiger partial charge in [-0.25, -0.2) is 5.43 Å². The number of para-hydroxylation sites is 1. The van der Waals surface area contributed by atoms with E-state index in [0.29, 0.717) is 28.0 Å². The average Bonchev–Trinajstić information content (AvgIpc) is 3.06. The Kier molecular flexibility index (Phi) is 4.86. The number of benzene rings is 2. The summed E-state index contributed by atoms with van der Waals surface area (Å²) in [6.07, 6.45) is 0. The number of amides is 1. The van der Waals surface area contributed by atoms with E-state index in [4.69, 9.17) is 25.8 Å². The summed E-state index contributed by atoms with van der Waals surface area (Å²) in [7, 11) is 0. The van der Waals surface area contributed by atoms with Crippen molar-refractivity contribution in [2.75, 3.05) is 13.4 Å². The molecule has 2 aromatic rings. The van der Waals surface area contributed by atoms with E-state index >= 15 is 0 Å². The summed E-state index contributed by atoms with van der Waals surface area (Å²) >= 11 is 5.96. The van der Waals surface area contributed by atoms with Gasteiger partial charge >= 0.3 is 0 Å². The highest BCUT2D eigenvalue weighted by Crippen LogP contribution is 2.32. The van der Waals surface area contributed by atoms with Gasteiger partial charge < -0.3 is 14.2 Å². The molecule has 0 bridgehead atoms. The van der Waals surface area contributed by atoms with Crippen molar-refractivity contribution in [3.8, 4) is 17.2 Å². The minimum Gasteiger partial charge on any atom is -0.482 e. The molecule has 1 N–H and O–H groups in total. The topological polar surface area (TPSA) is 69.2 Å². The number of rotatable bonds is 5. The average molecular weight is 347 g/mol. The highest BCUT2D eigenvalue weighted by molar-refractivity contribution is 6.32. The highest BCUT2D eigenvalue weighted by atomic mass is 35.5. The fourth-order valence-corrected chi connectivity index (χ4v) is 2.26. The number of hydrazone groups is 1. The van der Waals surface area contributed by atoms with Crippen LogP contribution in [0.1, 0.15) is 12.5 Å². The maximum atomic E-state index is 11.8. The highest BCUT2D eigenvalue weighted by Gasteiger charge is 2.14. The first-order chi connectivity index (χ1) is 11.6. The minimum absolute atomic E-state index is 0.179. The third kappa shape index (κ3) is 3.78. The van der Waals surface area contributed by atoms with Crippen LogP contribution in [0.25, 0.3) is 0 Å². The zero-order chi connectivity index (χ0) is 16.9. The predicted octanol–water partition coefficient (Wildman–Crippen LogP) is 2.99. The molecule has 0 aromatic heterocycles. The van der Waals surface area contributed by atoms with E-state index in [9.17, 15) is 4.79 Å². The largest absolute Gasteiger partial charge is 0.482 e. The molecule has 0 unspecified atom stereocenters. The van der Waals surface area contributed by atoms with E-state index in [0.717, 1.165) is 5.56 Å². The van der Waals surface area contributed by atoms with Gasteiger partial charge in [0.2, 0.25) is 6.79 Å². The first-order valence-electron chi connectivity index (χ1n) is 7.24. The first-order valence-corrected chi connectivity index (χ1v) is 7.62. The third-order valence-electron chi connectivity index (χ3n) is 3.33. The van der Waals surface area contributed by atoms with E-state index < -0.39 is 0 Å². The van der Waals surface area contributed by atoms with Crippen LogP contribution < -0.4 is 19.6 Å². The summed E-state index contributed by atoms with van der Waals surface area (Å²) in [5.41, 5.74) is 3.91. The lowest BCUT2D eigenvalue weighted by Gasteiger charge is -2.07. The number of hydrogen-bond donors (Lipinski definition) is 1. The second-order valence-corrected chi connectivity index (χ2v) is 5.43. The third-order valence-corrected chi connectivity index (χ3v) is 3.65. The molecule has 124 valence electrons. The van der Waals surface area contributed by atoms with Gasteiger partial charge in [-0.15, -0.1) is 0 Å². The zero-order valence-corrected chi connectivity index (χ0v) is 13.7. The molecule has 1 aliphatic heterocycles. The predicted molar refractivity (Wildman–Crippen MR) is 89.9 cm³/mol. The minimum atomic E-state index is -0.380. The number of carbonyl (C=O) groups is 1. The normalized spacial score (nSPS) is 12.8. The summed E-state index contributed by atoms with van der Waals surface area (Å²) in [6.45, 7) is 1.82. The number of nitrogens with zero attached hydrogens (tertiary/aromatic N) is 1. The standard InChI is InChI=1S/C17H15ClN2O4/c1-11(12-6-7-15-16(8-12)24-10-23-15)19-20-17(21)9-22-14-5-3-2-4-13(14)18/h2-8H,9-10H2,1H3,(H,20,21)/b19-11-. The van der Waals surface area contributed by atoms with Gasteiger partial charge in [0.05, 0.1) is 10.7 Å². The maximum Gasteiger partial charge on any atom is 0.277 e. The number of carbonyl (C=O) groups excluding carboxylic acids is 1. The van der Waals surface area contributed by atoms with E-state index in [2.05, 4.69) is 10.5 Å². The molecule has 1 amide bonds. The molecule has 1 heterocycles. The van der Waals surface area contributed by atoms with Crippen LogP contribution in [0.3, 0.4) is 0 Å². The summed E-state index contributed by atoms with van der Waals surface area (Å²) in [5, 5.41) is 4.51. The molecule has 0 saturated carbocycles. The van der Waals surface area contributed by atoms with Crippen molar-refractivity contribution in [1.82, 2.24) is 5.43 Å². The number of halogens is 1. The molecule has 0 atom stereocenters. The SMILES string of the molecule is C/C(=N/NC(=O)COc1ccccc1Cl)c1ccc2c(c1)OCO2. The van der Waals surface area contributed by atoms with Crippen LogP contribution in [0.4, 0.5) is 0 Å². The molecule has 2 aromatic carbocycles. The van der Waals surface area contributed by atoms with Crippen molar-refractivity contribution in [3.63, 3.8) is 0 Å². The summed E-state index contributed by atoms with van der Waals surface area (Å²) in [5.74, 6) is 1.43. The first kappa shape index (κ1) is 16.1. The van der Waals surface area contributed by atoms with E-state index in [1.807, 2.05) is 12.1 Å². The monoisotopic (exact) mass is 346 g/mol. The lowest BCUT2D eigenvalue weighted by molar-refractivity contribution is -0.123. The van der Waals surface area contributed by atoms with E-state index in [1.54, 1.807) is 37.3 Å². The van der Waals surface area contributed by atoms with E-state index in [-0.39, 0.29) is 19.3 Å². The van der Waals surface area contributed by atoms with Crippen LogP contribution in [0.15, 0.2) is 47.6 Å². The Morgan fingerprint density at radius 1 is 1.25 bits per heavy atom. The van der Waals surface area contributed by atoms with Crippen molar-refractivity contribution in [2.45, 2.75) is 6.92 Å². The Morgan fingerprint density at radius 2 is 2.04 bits per heavy atom. The van der Waals surface area contributed by atoms with Crippen LogP contribution in [0.5, 0.6) is 17.2 Å². The van der Waals surface area contributed by atoms with Crippen molar-refractivity contribution in [3.05, 3.63) is 53.1 Å². The summed E-state index contributed by atoms with van der Waals surface area (Å²) < 4.78 is 15.9. The van der Waals surface area contributed by atoms with E-state index in [1.165, 1.54) is 0 Å². The van der Waals surface area contributed by atoms with Gasteiger partial charge in [-0.3, -0.25) is 4.79 Å². The van der Waals surface area contributed by atoms with Gasteiger partial charge in [0.1, 0.15) is 5.75 Å². The molecule has 1 aliphatic rings. The fraction of sp³-hybridized carbons (Fsp3) is 0.176. The molecule has 3 rings (SSSR count). The Balaban J connectivity index is 1.56. The van der Waals surface area contributed by atoms with Crippen molar-refractivity contribution in [1.29, 1.82) is 0 Å². The van der Waals surface area contributed by atoms with Gasteiger partial charge in [-0.2, -0.15) is 5.10 Å². The van der Waals surface area contributed by atoms with Crippen LogP contribution in [0.2, 0.25) is 5.02 Å². The molecular weight excluding hydrogens is 332 g/mol. The number of ether oxygens (including phenoxy) is 3. The molecule has 0 aliphatic carbocycles. The lowest BCUT2D eigenvalue weighted by atomic mass is 10.1. The number of fused-ring (bicyclic) bond motifs is 1. The smallest absolute Gasteiger partial charge is 0.277 e. The summed E-state index contributed by atoms with van der Waals surface area (Å²) in [6, 6.07) is 12.4. The van der Waals surface area contributed by atoms with Crippen molar-refractivity contribution in [2.24, 2.45) is 5.10 Å². The molecule has 0 fully saturated rings. The zero-order valence-electron chi connectivity index (χ0n) is 12.9. The maximum absolute atomic E-state index is 11.8. The molecule has 7 heteroatoms. The van der Waals surface area contributed by atoms with Gasteiger partial charge in [0.15, 0.2) is 18.1 Å². The Morgan fingerprint density at radius 3 is 2.88 bits per heavy atom. The molecule has 0 spiro atoms. The Labute approximate surface area is 144 Å². The lowest BCUT2D eigenvalue weighted by Crippen LogP contribution is -2.25. The Hall–Kier alpha value is -2.73. The van der Waals surface area contributed by atoms with Crippen molar-refractivity contribution >= 4 is 23.2 Å². The van der Waals surface area contributed by atoms with Gasteiger partial charge in [-0.1, -0.05) is 23.7 Å². The van der Waals surface area contributed by atoms with Crippen LogP contribution >= 0.6 is 11.6 Å². The second kappa shape index (κ2) is 7.23. The summed E-state index contributed by atoms with van der Waals surface area (Å²) in [4.78, 5) is 11.8. The molecule has 6 nitrogen and oxygen atoms in total. The molecule has 0 saturated heterocycles. The van der Waals surface area contributed by atoms with Gasteiger partial charge in [0.25, 0.3) is 5.91 Å². The number of hydrogen-bond acceptors (Lipinski definition) is 5. The molecule has 0 radical (unpaired) electrons. The van der Waals surface area contributed by atoms with Gasteiger partial charge in [-0.05, 0) is 37.3 Å². The van der Waals surface area contributed by atoms with Crippen LogP contribution in [-0.4, -0.2) is 25.0 Å². The molecule has 24 heavy (non-hydrogen) atoms. The fourth-order valence-electron chi connectivity index (χ4n) is 2.07. The molecular formula is C17H15ClN2O4. The van der Waals surface area contributed by atoms with Crippen molar-refractivity contribution < 1.29 is 19.0 Å². The van der Waals surface area contributed by atoms with Gasteiger partial charge in [0, 0.05) is 5.56 Å². The quantitative estimate of drug-likeness (QED) is 0.667. The Bertz CT molecular complexity index is 792. The van der Waals surface area contributed by atoms with Crippen LogP contribution in [-0.2, 0) is 4.79 Å².